The van der Waals surface area contributed by atoms with Gasteiger partial charge in [0.2, 0.25) is 0 Å². The van der Waals surface area contributed by atoms with Gasteiger partial charge in [-0.3, -0.25) is 0 Å². The van der Waals surface area contributed by atoms with Crippen LogP contribution in [-0.2, 0) is 9.47 Å². The van der Waals surface area contributed by atoms with Crippen molar-refractivity contribution in [2.24, 2.45) is 51.2 Å². The van der Waals surface area contributed by atoms with Gasteiger partial charge in [0.05, 0.1) is 13.2 Å². The van der Waals surface area contributed by atoms with Crippen molar-refractivity contribution in [2.75, 3.05) is 19.8 Å². The van der Waals surface area contributed by atoms with Gasteiger partial charge in [-0.1, -0.05) is 68.2 Å². The number of nitrogens with one attached hydrogen (secondary N) is 2. The summed E-state index contributed by atoms with van der Waals surface area (Å²) in [5.41, 5.74) is 0.292. The molecular weight excluding hydrogens is 524 g/mol. The van der Waals surface area contributed by atoms with Gasteiger partial charge in [-0.2, -0.15) is 0 Å². The van der Waals surface area contributed by atoms with Gasteiger partial charge in [0.15, 0.2) is 0 Å². The number of ether oxygens (including phenoxy) is 2. The fourth-order valence-corrected chi connectivity index (χ4v) is 9.92. The predicted molar refractivity (Wildman–Crippen MR) is 170 cm³/mol. The van der Waals surface area contributed by atoms with E-state index in [1.54, 1.807) is 0 Å². The lowest BCUT2D eigenvalue weighted by Crippen LogP contribution is -2.56. The lowest BCUT2D eigenvalue weighted by Gasteiger charge is -2.61. The second-order valence-corrected chi connectivity index (χ2v) is 16.9. The molecule has 0 spiro atoms. The number of unbranched alkanes of at least 4 members (excludes halogenated alkanes) is 1. The van der Waals surface area contributed by atoms with Crippen LogP contribution in [0.15, 0.2) is 0 Å². The van der Waals surface area contributed by atoms with Crippen LogP contribution in [0, 0.1) is 51.2 Å². The second kappa shape index (κ2) is 13.3. The summed E-state index contributed by atoms with van der Waals surface area (Å²) in [6.07, 6.45) is 14.6. The fraction of sp³-hybridized carbons (Fsp3) is 0.944. The molecule has 4 rings (SSSR count). The number of alkyl carbamates (subject to hydrolysis) is 2. The molecule has 0 heterocycles. The third-order valence-corrected chi connectivity index (χ3v) is 13.0. The van der Waals surface area contributed by atoms with Crippen molar-refractivity contribution in [1.82, 2.24) is 10.6 Å². The maximum absolute atomic E-state index is 13.4. The Labute approximate surface area is 257 Å². The smallest absolute Gasteiger partial charge is 0.407 e. The van der Waals surface area contributed by atoms with Crippen LogP contribution in [-0.4, -0.2) is 38.0 Å². The van der Waals surface area contributed by atoms with Crippen LogP contribution in [0.4, 0.5) is 9.59 Å². The highest BCUT2D eigenvalue weighted by atomic mass is 16.6. The summed E-state index contributed by atoms with van der Waals surface area (Å²) in [4.78, 5) is 25.5. The highest BCUT2D eigenvalue weighted by Crippen LogP contribution is 2.64. The van der Waals surface area contributed by atoms with Crippen molar-refractivity contribution < 1.29 is 19.1 Å². The first kappa shape index (κ1) is 33.4. The van der Waals surface area contributed by atoms with Crippen molar-refractivity contribution >= 4 is 12.2 Å². The van der Waals surface area contributed by atoms with E-state index in [4.69, 9.17) is 9.47 Å². The van der Waals surface area contributed by atoms with Gasteiger partial charge >= 0.3 is 12.2 Å². The number of amides is 2. The van der Waals surface area contributed by atoms with E-state index in [0.29, 0.717) is 31.1 Å². The lowest BCUT2D eigenvalue weighted by atomic mass is 9.44. The summed E-state index contributed by atoms with van der Waals surface area (Å²) in [6, 6.07) is -0.00216. The minimum absolute atomic E-state index is 0.00216. The molecule has 6 nitrogen and oxygen atoms in total. The average Bonchev–Trinajstić information content (AvgIpc) is 2.93. The molecule has 0 bridgehead atoms. The maximum atomic E-state index is 13.4. The Bertz CT molecular complexity index is 935. The summed E-state index contributed by atoms with van der Waals surface area (Å²) >= 11 is 0. The first-order valence-corrected chi connectivity index (χ1v) is 17.6. The van der Waals surface area contributed by atoms with E-state index in [1.807, 2.05) is 0 Å². The summed E-state index contributed by atoms with van der Waals surface area (Å²) < 4.78 is 11.4. The monoisotopic (exact) mass is 588 g/mol. The van der Waals surface area contributed by atoms with E-state index in [1.165, 1.54) is 44.9 Å². The molecule has 0 aromatic rings. The zero-order chi connectivity index (χ0) is 30.8. The van der Waals surface area contributed by atoms with Gasteiger partial charge in [-0.15, -0.1) is 0 Å². The molecule has 0 radical (unpaired) electrons. The largest absolute Gasteiger partial charge is 0.450 e. The van der Waals surface area contributed by atoms with Crippen LogP contribution in [0.1, 0.15) is 139 Å². The van der Waals surface area contributed by atoms with Crippen molar-refractivity contribution in [2.45, 2.75) is 145 Å². The van der Waals surface area contributed by atoms with Gasteiger partial charge < -0.3 is 20.1 Å². The molecule has 0 aromatic heterocycles. The zero-order valence-electron chi connectivity index (χ0n) is 28.4. The molecule has 0 aliphatic heterocycles. The third-order valence-electron chi connectivity index (χ3n) is 13.0. The molecule has 4 fully saturated rings. The molecule has 2 amide bonds. The maximum Gasteiger partial charge on any atom is 0.407 e. The van der Waals surface area contributed by atoms with Crippen LogP contribution in [0.5, 0.6) is 0 Å². The van der Waals surface area contributed by atoms with E-state index >= 15 is 0 Å². The Morgan fingerprint density at radius 2 is 1.67 bits per heavy atom. The van der Waals surface area contributed by atoms with Gasteiger partial charge in [0.1, 0.15) is 0 Å². The SMILES string of the molecule is CCCCOC(=O)NCC1(C)CCC(C)(C)C(NC(=O)OCC2(C)CCCC3(C)C4CCC(C(C)C)CC4CCC23)C1. The molecule has 8 unspecified atom stereocenters. The summed E-state index contributed by atoms with van der Waals surface area (Å²) in [7, 11) is 0. The first-order valence-electron chi connectivity index (χ1n) is 17.6. The Morgan fingerprint density at radius 1 is 0.905 bits per heavy atom. The summed E-state index contributed by atoms with van der Waals surface area (Å²) in [6.45, 7) is 20.1. The van der Waals surface area contributed by atoms with E-state index in [2.05, 4.69) is 66.0 Å². The number of carbonyl (C=O) groups excluding carboxylic acids is 2. The Balaban J connectivity index is 1.33. The fourth-order valence-electron chi connectivity index (χ4n) is 9.92. The Morgan fingerprint density at radius 3 is 2.38 bits per heavy atom. The molecule has 2 N–H and O–H groups in total. The lowest BCUT2D eigenvalue weighted by molar-refractivity contribution is -0.136. The summed E-state index contributed by atoms with van der Waals surface area (Å²) in [5, 5.41) is 6.27. The van der Waals surface area contributed by atoms with Gasteiger partial charge in [-0.25, -0.2) is 9.59 Å². The normalized spacial score (nSPS) is 39.5. The van der Waals surface area contributed by atoms with E-state index in [-0.39, 0.29) is 34.5 Å². The van der Waals surface area contributed by atoms with Gasteiger partial charge in [0, 0.05) is 18.0 Å². The molecule has 0 aromatic carbocycles. The zero-order valence-corrected chi connectivity index (χ0v) is 28.4. The van der Waals surface area contributed by atoms with Gasteiger partial charge in [0.25, 0.3) is 0 Å². The molecule has 4 aliphatic carbocycles. The molecule has 0 saturated heterocycles. The van der Waals surface area contributed by atoms with Crippen molar-refractivity contribution in [3.8, 4) is 0 Å². The first-order chi connectivity index (χ1) is 19.7. The van der Waals surface area contributed by atoms with Crippen molar-refractivity contribution in [3.63, 3.8) is 0 Å². The number of fused-ring (bicyclic) bond motifs is 3. The van der Waals surface area contributed by atoms with E-state index < -0.39 is 0 Å². The van der Waals surface area contributed by atoms with E-state index in [0.717, 1.165) is 62.2 Å². The highest BCUT2D eigenvalue weighted by molar-refractivity contribution is 5.68. The van der Waals surface area contributed by atoms with Crippen LogP contribution >= 0.6 is 0 Å². The van der Waals surface area contributed by atoms with Crippen molar-refractivity contribution in [1.29, 1.82) is 0 Å². The molecule has 42 heavy (non-hydrogen) atoms. The minimum Gasteiger partial charge on any atom is -0.450 e. The van der Waals surface area contributed by atoms with Crippen LogP contribution in [0.2, 0.25) is 0 Å². The summed E-state index contributed by atoms with van der Waals surface area (Å²) in [5.74, 6) is 4.04. The van der Waals surface area contributed by atoms with Crippen LogP contribution in [0.3, 0.4) is 0 Å². The number of carbonyl (C=O) groups is 2. The average molecular weight is 589 g/mol. The number of hydrogen-bond donors (Lipinski definition) is 2. The van der Waals surface area contributed by atoms with Crippen LogP contribution < -0.4 is 10.6 Å². The molecule has 6 heteroatoms. The molecule has 4 saturated carbocycles. The number of rotatable bonds is 9. The molecule has 8 atom stereocenters. The highest BCUT2D eigenvalue weighted by Gasteiger charge is 2.57. The Kier molecular flexibility index (Phi) is 10.6. The molecular formula is C36H64N2O4. The minimum atomic E-state index is -0.340. The third kappa shape index (κ3) is 7.42. The number of hydrogen-bond acceptors (Lipinski definition) is 4. The van der Waals surface area contributed by atoms with Crippen LogP contribution in [0.25, 0.3) is 0 Å². The predicted octanol–water partition coefficient (Wildman–Crippen LogP) is 9.12. The van der Waals surface area contributed by atoms with Crippen molar-refractivity contribution in [3.05, 3.63) is 0 Å². The Hall–Kier alpha value is -1.46. The second-order valence-electron chi connectivity index (χ2n) is 16.9. The quantitative estimate of drug-likeness (QED) is 0.263. The molecule has 4 aliphatic rings. The van der Waals surface area contributed by atoms with Gasteiger partial charge in [-0.05, 0) is 116 Å². The standard InChI is InChI=1S/C36H64N2O4/c1-9-10-20-41-31(39)37-23-34(6)19-18-33(4,5)30(22-34)38-32(40)42-24-35(7)16-11-17-36(8)28-14-12-26(25(2)3)21-27(28)13-15-29(35)36/h25-30H,9-24H2,1-8H3,(H,37,39)(H,38,40). The molecule has 242 valence electrons. The van der Waals surface area contributed by atoms with E-state index in [9.17, 15) is 9.59 Å². The topological polar surface area (TPSA) is 76.7 Å².